The highest BCUT2D eigenvalue weighted by molar-refractivity contribution is 7.89. The molecule has 4 nitrogen and oxygen atoms in total. The number of unbranched alkanes of at least 4 members (excludes halogenated alkanes) is 2. The summed E-state index contributed by atoms with van der Waals surface area (Å²) in [5.41, 5.74) is 7.73. The number of sulfonamides is 1. The highest BCUT2D eigenvalue weighted by atomic mass is 32.2. The Morgan fingerprint density at radius 2 is 1.85 bits per heavy atom. The summed E-state index contributed by atoms with van der Waals surface area (Å²) in [5.74, 6) is 0. The molecule has 0 aliphatic heterocycles. The Bertz CT molecular complexity index is 527. The van der Waals surface area contributed by atoms with Crippen molar-refractivity contribution in [3.05, 3.63) is 29.3 Å². The zero-order valence-electron chi connectivity index (χ0n) is 12.7. The van der Waals surface area contributed by atoms with E-state index in [1.165, 1.54) is 4.31 Å². The van der Waals surface area contributed by atoms with Crippen molar-refractivity contribution in [1.29, 1.82) is 0 Å². The van der Waals surface area contributed by atoms with Crippen LogP contribution in [0.2, 0.25) is 0 Å². The third-order valence-corrected chi connectivity index (χ3v) is 5.42. The topological polar surface area (TPSA) is 63.4 Å². The second kappa shape index (κ2) is 7.76. The first-order chi connectivity index (χ1) is 9.47. The van der Waals surface area contributed by atoms with E-state index in [1.807, 2.05) is 13.0 Å². The quantitative estimate of drug-likeness (QED) is 0.750. The van der Waals surface area contributed by atoms with E-state index in [9.17, 15) is 8.42 Å². The van der Waals surface area contributed by atoms with Crippen LogP contribution in [0.3, 0.4) is 0 Å². The van der Waals surface area contributed by atoms with Crippen molar-refractivity contribution in [3.63, 3.8) is 0 Å². The van der Waals surface area contributed by atoms with Crippen molar-refractivity contribution in [2.75, 3.05) is 13.6 Å². The molecule has 0 radical (unpaired) electrons. The molecule has 0 unspecified atom stereocenters. The van der Waals surface area contributed by atoms with E-state index < -0.39 is 10.0 Å². The Morgan fingerprint density at radius 3 is 2.40 bits per heavy atom. The lowest BCUT2D eigenvalue weighted by molar-refractivity contribution is 0.454. The third-order valence-electron chi connectivity index (χ3n) is 3.56. The number of rotatable bonds is 8. The van der Waals surface area contributed by atoms with Gasteiger partial charge in [-0.1, -0.05) is 32.8 Å². The minimum Gasteiger partial charge on any atom is -0.326 e. The van der Waals surface area contributed by atoms with E-state index in [2.05, 4.69) is 6.92 Å². The van der Waals surface area contributed by atoms with Crippen molar-refractivity contribution >= 4 is 10.0 Å². The van der Waals surface area contributed by atoms with Gasteiger partial charge in [0, 0.05) is 20.1 Å². The maximum absolute atomic E-state index is 12.5. The van der Waals surface area contributed by atoms with Crippen LogP contribution in [0.15, 0.2) is 23.1 Å². The van der Waals surface area contributed by atoms with Crippen LogP contribution in [0.25, 0.3) is 0 Å². The number of benzene rings is 1. The Hall–Kier alpha value is -0.910. The molecular weight excluding hydrogens is 272 g/mol. The van der Waals surface area contributed by atoms with Crippen LogP contribution in [0.4, 0.5) is 0 Å². The first-order valence-electron chi connectivity index (χ1n) is 7.25. The molecule has 0 atom stereocenters. The third kappa shape index (κ3) is 4.04. The molecule has 2 N–H and O–H groups in total. The van der Waals surface area contributed by atoms with E-state index in [0.29, 0.717) is 18.0 Å². The molecule has 0 heterocycles. The molecule has 0 saturated carbocycles. The fourth-order valence-electron chi connectivity index (χ4n) is 2.18. The molecule has 5 heteroatoms. The molecule has 1 rings (SSSR count). The Morgan fingerprint density at radius 1 is 1.15 bits per heavy atom. The number of nitrogens with zero attached hydrogens (tertiary/aromatic N) is 1. The van der Waals surface area contributed by atoms with Crippen LogP contribution in [-0.2, 0) is 23.0 Å². The van der Waals surface area contributed by atoms with Crippen molar-refractivity contribution in [2.45, 2.75) is 51.0 Å². The molecule has 0 aliphatic carbocycles. The number of hydrogen-bond donors (Lipinski definition) is 1. The van der Waals surface area contributed by atoms with Gasteiger partial charge in [-0.05, 0) is 36.1 Å². The van der Waals surface area contributed by atoms with Crippen LogP contribution < -0.4 is 5.73 Å². The van der Waals surface area contributed by atoms with Crippen molar-refractivity contribution < 1.29 is 8.42 Å². The van der Waals surface area contributed by atoms with Gasteiger partial charge in [-0.3, -0.25) is 0 Å². The fourth-order valence-corrected chi connectivity index (χ4v) is 3.44. The largest absolute Gasteiger partial charge is 0.326 e. The molecule has 0 bridgehead atoms. The zero-order valence-corrected chi connectivity index (χ0v) is 13.5. The first kappa shape index (κ1) is 17.1. The van der Waals surface area contributed by atoms with E-state index in [-0.39, 0.29) is 0 Å². The van der Waals surface area contributed by atoms with E-state index >= 15 is 0 Å². The summed E-state index contributed by atoms with van der Waals surface area (Å²) >= 11 is 0. The molecule has 0 aromatic heterocycles. The minimum absolute atomic E-state index is 0.342. The summed E-state index contributed by atoms with van der Waals surface area (Å²) in [4.78, 5) is 0.342. The second-order valence-corrected chi connectivity index (χ2v) is 7.07. The molecule has 0 saturated heterocycles. The monoisotopic (exact) mass is 298 g/mol. The lowest BCUT2D eigenvalue weighted by Crippen LogP contribution is -2.28. The number of nitrogens with two attached hydrogens (primary N) is 1. The van der Waals surface area contributed by atoms with Gasteiger partial charge >= 0.3 is 0 Å². The summed E-state index contributed by atoms with van der Waals surface area (Å²) in [7, 11) is -1.76. The molecular formula is C15H26N2O2S. The summed E-state index contributed by atoms with van der Waals surface area (Å²) in [6, 6.07) is 5.27. The molecule has 0 spiro atoms. The summed E-state index contributed by atoms with van der Waals surface area (Å²) in [6.45, 7) is 5.07. The SMILES string of the molecule is CCCCCN(C)S(=O)(=O)c1ccc(CC)c(CN)c1. The van der Waals surface area contributed by atoms with Gasteiger partial charge < -0.3 is 5.73 Å². The fraction of sp³-hybridized carbons (Fsp3) is 0.600. The van der Waals surface area contributed by atoms with Crippen molar-refractivity contribution in [3.8, 4) is 0 Å². The van der Waals surface area contributed by atoms with Gasteiger partial charge in [0.05, 0.1) is 4.90 Å². The van der Waals surface area contributed by atoms with Crippen molar-refractivity contribution in [2.24, 2.45) is 5.73 Å². The minimum atomic E-state index is -3.40. The van der Waals surface area contributed by atoms with E-state index in [1.54, 1.807) is 19.2 Å². The molecule has 1 aromatic rings. The van der Waals surface area contributed by atoms with Crippen LogP contribution in [-0.4, -0.2) is 26.3 Å². The Kier molecular flexibility index (Phi) is 6.65. The van der Waals surface area contributed by atoms with Gasteiger partial charge in [0.15, 0.2) is 0 Å². The lowest BCUT2D eigenvalue weighted by atomic mass is 10.1. The molecule has 20 heavy (non-hydrogen) atoms. The average Bonchev–Trinajstić information content (AvgIpc) is 2.46. The molecule has 1 aromatic carbocycles. The van der Waals surface area contributed by atoms with Crippen LogP contribution >= 0.6 is 0 Å². The number of hydrogen-bond acceptors (Lipinski definition) is 3. The number of aryl methyl sites for hydroxylation is 1. The van der Waals surface area contributed by atoms with Gasteiger partial charge in [0.2, 0.25) is 10.0 Å². The summed E-state index contributed by atoms with van der Waals surface area (Å²) in [6.07, 6.45) is 3.88. The van der Waals surface area contributed by atoms with Crippen LogP contribution in [0, 0.1) is 0 Å². The Labute approximate surface area is 123 Å². The molecule has 114 valence electrons. The maximum atomic E-state index is 12.5. The van der Waals surface area contributed by atoms with E-state index in [0.717, 1.165) is 36.8 Å². The van der Waals surface area contributed by atoms with Gasteiger partial charge in [-0.15, -0.1) is 0 Å². The van der Waals surface area contributed by atoms with Crippen LogP contribution in [0.1, 0.15) is 44.2 Å². The first-order valence-corrected chi connectivity index (χ1v) is 8.69. The highest BCUT2D eigenvalue weighted by Crippen LogP contribution is 2.19. The summed E-state index contributed by atoms with van der Waals surface area (Å²) < 4.78 is 26.4. The predicted octanol–water partition coefficient (Wildman–Crippen LogP) is 2.52. The zero-order chi connectivity index (χ0) is 15.2. The van der Waals surface area contributed by atoms with Gasteiger partial charge in [-0.25, -0.2) is 12.7 Å². The smallest absolute Gasteiger partial charge is 0.242 e. The van der Waals surface area contributed by atoms with Crippen molar-refractivity contribution in [1.82, 2.24) is 4.31 Å². The Balaban J connectivity index is 2.97. The average molecular weight is 298 g/mol. The summed E-state index contributed by atoms with van der Waals surface area (Å²) in [5, 5.41) is 0. The van der Waals surface area contributed by atoms with Gasteiger partial charge in [0.25, 0.3) is 0 Å². The van der Waals surface area contributed by atoms with Gasteiger partial charge in [0.1, 0.15) is 0 Å². The maximum Gasteiger partial charge on any atom is 0.242 e. The highest BCUT2D eigenvalue weighted by Gasteiger charge is 2.21. The second-order valence-electron chi connectivity index (χ2n) is 5.02. The normalized spacial score (nSPS) is 12.1. The predicted molar refractivity (Wildman–Crippen MR) is 83.1 cm³/mol. The molecule has 0 amide bonds. The van der Waals surface area contributed by atoms with Gasteiger partial charge in [-0.2, -0.15) is 0 Å². The molecule has 0 aliphatic rings. The van der Waals surface area contributed by atoms with Crippen LogP contribution in [0.5, 0.6) is 0 Å². The lowest BCUT2D eigenvalue weighted by Gasteiger charge is -2.18. The standard InChI is InChI=1S/C15H26N2O2S/c1-4-6-7-10-17(3)20(18,19)15-9-8-13(5-2)14(11-15)12-16/h8-9,11H,4-7,10,12,16H2,1-3H3. The van der Waals surface area contributed by atoms with E-state index in [4.69, 9.17) is 5.73 Å². The molecule has 0 fully saturated rings.